The van der Waals surface area contributed by atoms with Gasteiger partial charge >= 0.3 is 0 Å². The largest absolute Gasteiger partial charge is 0.321 e. The number of carbonyl (C=O) groups is 1. The van der Waals surface area contributed by atoms with Crippen molar-refractivity contribution in [2.24, 2.45) is 5.41 Å². The minimum atomic E-state index is -0.0301. The summed E-state index contributed by atoms with van der Waals surface area (Å²) in [6, 6.07) is 10.3. The normalized spacial score (nSPS) is 22.9. The molecule has 0 radical (unpaired) electrons. The SMILES string of the molecule is CCCCC1NC(c2ccccc2)N(CC(C)(C)C)C1=O. The molecule has 1 fully saturated rings. The lowest BCUT2D eigenvalue weighted by Gasteiger charge is -2.31. The minimum Gasteiger partial charge on any atom is -0.321 e. The van der Waals surface area contributed by atoms with Gasteiger partial charge in [-0.05, 0) is 17.4 Å². The number of nitrogens with one attached hydrogen (secondary N) is 1. The Morgan fingerprint density at radius 1 is 1.19 bits per heavy atom. The molecule has 1 aromatic carbocycles. The molecule has 0 aromatic heterocycles. The first kappa shape index (κ1) is 16.0. The van der Waals surface area contributed by atoms with Crippen LogP contribution in [0.3, 0.4) is 0 Å². The van der Waals surface area contributed by atoms with Crippen LogP contribution in [-0.4, -0.2) is 23.4 Å². The van der Waals surface area contributed by atoms with Crippen LogP contribution in [0.25, 0.3) is 0 Å². The molecule has 2 unspecified atom stereocenters. The summed E-state index contributed by atoms with van der Waals surface area (Å²) in [6.07, 6.45) is 3.16. The summed E-state index contributed by atoms with van der Waals surface area (Å²) in [5.74, 6) is 0.257. The third-order valence-electron chi connectivity index (χ3n) is 3.86. The van der Waals surface area contributed by atoms with E-state index < -0.39 is 0 Å². The lowest BCUT2D eigenvalue weighted by Crippen LogP contribution is -2.37. The van der Waals surface area contributed by atoms with Crippen molar-refractivity contribution in [2.45, 2.75) is 59.2 Å². The van der Waals surface area contributed by atoms with E-state index in [1.54, 1.807) is 0 Å². The van der Waals surface area contributed by atoms with Crippen molar-refractivity contribution in [2.75, 3.05) is 6.54 Å². The van der Waals surface area contributed by atoms with Gasteiger partial charge in [-0.3, -0.25) is 10.1 Å². The standard InChI is InChI=1S/C18H28N2O/c1-5-6-12-15-17(21)20(13-18(2,3)4)16(19-15)14-10-8-7-9-11-14/h7-11,15-16,19H,5-6,12-13H2,1-4H3. The van der Waals surface area contributed by atoms with E-state index in [0.717, 1.165) is 25.8 Å². The molecular weight excluding hydrogens is 260 g/mol. The van der Waals surface area contributed by atoms with E-state index in [1.165, 1.54) is 5.56 Å². The Balaban J connectivity index is 2.21. The number of hydrogen-bond acceptors (Lipinski definition) is 2. The Morgan fingerprint density at radius 3 is 2.43 bits per heavy atom. The number of nitrogens with zero attached hydrogens (tertiary/aromatic N) is 1. The van der Waals surface area contributed by atoms with E-state index in [4.69, 9.17) is 0 Å². The second-order valence-corrected chi connectivity index (χ2v) is 7.20. The first-order valence-electron chi connectivity index (χ1n) is 8.04. The highest BCUT2D eigenvalue weighted by Gasteiger charge is 2.40. The van der Waals surface area contributed by atoms with E-state index in [0.29, 0.717) is 0 Å². The van der Waals surface area contributed by atoms with Crippen molar-refractivity contribution in [1.29, 1.82) is 0 Å². The van der Waals surface area contributed by atoms with Crippen LogP contribution in [0.4, 0.5) is 0 Å². The van der Waals surface area contributed by atoms with Crippen LogP contribution in [-0.2, 0) is 4.79 Å². The highest BCUT2D eigenvalue weighted by atomic mass is 16.2. The summed E-state index contributed by atoms with van der Waals surface area (Å²) >= 11 is 0. The molecule has 0 aliphatic carbocycles. The zero-order valence-corrected chi connectivity index (χ0v) is 13.7. The van der Waals surface area contributed by atoms with Crippen molar-refractivity contribution >= 4 is 5.91 Å². The van der Waals surface area contributed by atoms with Gasteiger partial charge in [-0.25, -0.2) is 0 Å². The molecule has 1 amide bonds. The maximum atomic E-state index is 12.7. The van der Waals surface area contributed by atoms with Gasteiger partial charge in [0, 0.05) is 6.54 Å². The summed E-state index contributed by atoms with van der Waals surface area (Å²) in [5.41, 5.74) is 1.28. The molecule has 0 saturated carbocycles. The highest BCUT2D eigenvalue weighted by molar-refractivity contribution is 5.84. The number of amides is 1. The quantitative estimate of drug-likeness (QED) is 0.895. The number of benzene rings is 1. The van der Waals surface area contributed by atoms with Gasteiger partial charge in [0.05, 0.1) is 6.04 Å². The molecule has 3 nitrogen and oxygen atoms in total. The fourth-order valence-corrected chi connectivity index (χ4v) is 2.89. The molecule has 3 heteroatoms. The topological polar surface area (TPSA) is 32.3 Å². The van der Waals surface area contributed by atoms with E-state index in [1.807, 2.05) is 23.1 Å². The van der Waals surface area contributed by atoms with Crippen LogP contribution in [0.15, 0.2) is 30.3 Å². The highest BCUT2D eigenvalue weighted by Crippen LogP contribution is 2.30. The second-order valence-electron chi connectivity index (χ2n) is 7.20. The summed E-state index contributed by atoms with van der Waals surface area (Å²) in [6.45, 7) is 9.49. The first-order valence-corrected chi connectivity index (χ1v) is 8.04. The molecule has 116 valence electrons. The molecule has 1 aliphatic heterocycles. The Kier molecular flexibility index (Phi) is 5.04. The van der Waals surface area contributed by atoms with Crippen LogP contribution >= 0.6 is 0 Å². The predicted molar refractivity (Wildman–Crippen MR) is 86.8 cm³/mol. The summed E-state index contributed by atoms with van der Waals surface area (Å²) in [4.78, 5) is 14.8. The Morgan fingerprint density at radius 2 is 1.86 bits per heavy atom. The lowest BCUT2D eigenvalue weighted by molar-refractivity contribution is -0.131. The zero-order chi connectivity index (χ0) is 15.5. The molecule has 21 heavy (non-hydrogen) atoms. The maximum absolute atomic E-state index is 12.7. The van der Waals surface area contributed by atoms with Gasteiger partial charge in [-0.1, -0.05) is 70.9 Å². The monoisotopic (exact) mass is 288 g/mol. The molecule has 2 atom stereocenters. The van der Waals surface area contributed by atoms with Gasteiger partial charge in [-0.15, -0.1) is 0 Å². The Hall–Kier alpha value is -1.35. The smallest absolute Gasteiger partial charge is 0.241 e. The molecule has 1 saturated heterocycles. The van der Waals surface area contributed by atoms with Crippen LogP contribution < -0.4 is 5.32 Å². The molecule has 0 bridgehead atoms. The predicted octanol–water partition coefficient (Wildman–Crippen LogP) is 3.72. The Bertz CT molecular complexity index is 464. The van der Waals surface area contributed by atoms with E-state index >= 15 is 0 Å². The zero-order valence-electron chi connectivity index (χ0n) is 13.7. The number of carbonyl (C=O) groups excluding carboxylic acids is 1. The van der Waals surface area contributed by atoms with E-state index in [9.17, 15) is 4.79 Å². The fourth-order valence-electron chi connectivity index (χ4n) is 2.89. The van der Waals surface area contributed by atoms with Gasteiger partial charge in [0.2, 0.25) is 5.91 Å². The number of unbranched alkanes of at least 4 members (excludes halogenated alkanes) is 1. The minimum absolute atomic E-state index is 0.0137. The van der Waals surface area contributed by atoms with Crippen LogP contribution in [0.2, 0.25) is 0 Å². The van der Waals surface area contributed by atoms with Crippen molar-refractivity contribution in [3.63, 3.8) is 0 Å². The molecule has 0 spiro atoms. The van der Waals surface area contributed by atoms with E-state index in [-0.39, 0.29) is 23.5 Å². The lowest BCUT2D eigenvalue weighted by atomic mass is 9.95. The molecule has 1 aliphatic rings. The van der Waals surface area contributed by atoms with Crippen LogP contribution in [0.5, 0.6) is 0 Å². The number of hydrogen-bond donors (Lipinski definition) is 1. The Labute approximate surface area is 128 Å². The van der Waals surface area contributed by atoms with Crippen molar-refractivity contribution in [3.05, 3.63) is 35.9 Å². The van der Waals surface area contributed by atoms with Crippen LogP contribution in [0, 0.1) is 5.41 Å². The molecule has 1 N–H and O–H groups in total. The summed E-state index contributed by atoms with van der Waals surface area (Å²) in [5, 5.41) is 3.54. The molecule has 1 heterocycles. The average Bonchev–Trinajstić information content (AvgIpc) is 2.73. The van der Waals surface area contributed by atoms with Crippen molar-refractivity contribution in [1.82, 2.24) is 10.2 Å². The molecular formula is C18H28N2O. The molecule has 2 rings (SSSR count). The van der Waals surface area contributed by atoms with Gasteiger partial charge in [0.15, 0.2) is 0 Å². The van der Waals surface area contributed by atoms with Crippen molar-refractivity contribution in [3.8, 4) is 0 Å². The fraction of sp³-hybridized carbons (Fsp3) is 0.611. The number of rotatable bonds is 5. The summed E-state index contributed by atoms with van der Waals surface area (Å²) in [7, 11) is 0. The maximum Gasteiger partial charge on any atom is 0.241 e. The summed E-state index contributed by atoms with van der Waals surface area (Å²) < 4.78 is 0. The van der Waals surface area contributed by atoms with Gasteiger partial charge in [0.1, 0.15) is 6.17 Å². The van der Waals surface area contributed by atoms with Crippen LogP contribution in [0.1, 0.15) is 58.7 Å². The van der Waals surface area contributed by atoms with Gasteiger partial charge in [0.25, 0.3) is 0 Å². The average molecular weight is 288 g/mol. The van der Waals surface area contributed by atoms with E-state index in [2.05, 4.69) is 45.1 Å². The third-order valence-corrected chi connectivity index (χ3v) is 3.86. The third kappa shape index (κ3) is 4.07. The second kappa shape index (κ2) is 6.61. The van der Waals surface area contributed by atoms with Gasteiger partial charge < -0.3 is 4.90 Å². The first-order chi connectivity index (χ1) is 9.92. The van der Waals surface area contributed by atoms with Crippen molar-refractivity contribution < 1.29 is 4.79 Å². The molecule has 1 aromatic rings. The van der Waals surface area contributed by atoms with Gasteiger partial charge in [-0.2, -0.15) is 0 Å².